The largest absolute Gasteiger partial charge is 0.385 e. The van der Waals surface area contributed by atoms with Crippen LogP contribution >= 0.6 is 0 Å². The summed E-state index contributed by atoms with van der Waals surface area (Å²) in [5.41, 5.74) is 11.4. The van der Waals surface area contributed by atoms with Gasteiger partial charge in [-0.1, -0.05) is 45.5 Å². The molecule has 41 heavy (non-hydrogen) atoms. The molecule has 1 aliphatic heterocycles. The molecule has 0 spiro atoms. The van der Waals surface area contributed by atoms with Crippen LogP contribution in [0, 0.1) is 0 Å². The van der Waals surface area contributed by atoms with Crippen molar-refractivity contribution < 1.29 is 9.53 Å². The maximum atomic E-state index is 13.2. The number of methoxy groups -OCH3 is 1. The van der Waals surface area contributed by atoms with E-state index in [1.807, 2.05) is 38.2 Å². The lowest BCUT2D eigenvalue weighted by atomic mass is 9.94. The Balaban J connectivity index is 0.00000151. The molecule has 5 rings (SSSR count). The molecule has 220 valence electrons. The molecule has 3 aromatic heterocycles. The second kappa shape index (κ2) is 15.9. The third kappa shape index (κ3) is 8.17. The Bertz CT molecular complexity index is 1350. The molecule has 1 aliphatic rings. The molecule has 7 nitrogen and oxygen atoms in total. The summed E-state index contributed by atoms with van der Waals surface area (Å²) in [6, 6.07) is 18.7. The number of nitrogens with zero attached hydrogens (tertiary/aromatic N) is 4. The second-order valence-electron chi connectivity index (χ2n) is 10.2. The molecule has 0 aliphatic carbocycles. The number of carbonyl (C=O) groups is 1. The van der Waals surface area contributed by atoms with Crippen molar-refractivity contribution in [1.29, 1.82) is 0 Å². The molecule has 0 bridgehead atoms. The van der Waals surface area contributed by atoms with E-state index >= 15 is 0 Å². The van der Waals surface area contributed by atoms with Crippen molar-refractivity contribution in [3.05, 3.63) is 78.2 Å². The van der Waals surface area contributed by atoms with Crippen molar-refractivity contribution in [3.63, 3.8) is 0 Å². The molecule has 0 saturated carbocycles. The number of ether oxygens (including phenoxy) is 1. The maximum absolute atomic E-state index is 13.2. The number of pyridine rings is 2. The number of aromatic nitrogens is 3. The van der Waals surface area contributed by atoms with Gasteiger partial charge in [0.1, 0.15) is 11.5 Å². The van der Waals surface area contributed by atoms with Gasteiger partial charge in [0.15, 0.2) is 0 Å². The Hall–Kier alpha value is -3.71. The van der Waals surface area contributed by atoms with Gasteiger partial charge in [-0.05, 0) is 73.6 Å². The lowest BCUT2D eigenvalue weighted by Gasteiger charge is -2.33. The van der Waals surface area contributed by atoms with Gasteiger partial charge in [0, 0.05) is 74.7 Å². The van der Waals surface area contributed by atoms with E-state index < -0.39 is 0 Å². The van der Waals surface area contributed by atoms with Gasteiger partial charge in [-0.2, -0.15) is 0 Å². The highest BCUT2D eigenvalue weighted by Crippen LogP contribution is 2.32. The number of benzene rings is 1. The predicted molar refractivity (Wildman–Crippen MR) is 170 cm³/mol. The molecule has 1 atom stereocenters. The zero-order chi connectivity index (χ0) is 28.3. The number of piperidine rings is 1. The van der Waals surface area contributed by atoms with E-state index in [1.165, 1.54) is 16.6 Å². The molecule has 2 N–H and O–H groups in total. The molecular weight excluding hydrogens is 510 g/mol. The van der Waals surface area contributed by atoms with Crippen LogP contribution in [-0.4, -0.2) is 52.1 Å². The molecule has 1 unspecified atom stereocenters. The Morgan fingerprint density at radius 2 is 1.83 bits per heavy atom. The summed E-state index contributed by atoms with van der Waals surface area (Å²) in [6.07, 6.45) is 9.05. The smallest absolute Gasteiger partial charge is 0.222 e. The lowest BCUT2D eigenvalue weighted by Crippen LogP contribution is -2.39. The van der Waals surface area contributed by atoms with Crippen molar-refractivity contribution >= 4 is 22.8 Å². The van der Waals surface area contributed by atoms with Gasteiger partial charge in [-0.15, -0.1) is 0 Å². The molecule has 7 heteroatoms. The van der Waals surface area contributed by atoms with Gasteiger partial charge in [-0.3, -0.25) is 4.79 Å². The highest BCUT2D eigenvalue weighted by molar-refractivity contribution is 5.78. The number of anilines is 1. The average molecular weight is 558 g/mol. The van der Waals surface area contributed by atoms with Crippen LogP contribution in [0.1, 0.15) is 70.6 Å². The number of amides is 1. The minimum Gasteiger partial charge on any atom is -0.385 e. The zero-order valence-corrected chi connectivity index (χ0v) is 24.2. The van der Waals surface area contributed by atoms with Gasteiger partial charge in [-0.25, -0.2) is 9.97 Å². The maximum Gasteiger partial charge on any atom is 0.222 e. The summed E-state index contributed by atoms with van der Waals surface area (Å²) in [6.45, 7) is 7.23. The van der Waals surface area contributed by atoms with E-state index in [1.54, 1.807) is 13.3 Å². The fourth-order valence-corrected chi connectivity index (χ4v) is 5.53. The monoisotopic (exact) mass is 557 g/mol. The number of hydrogen-bond acceptors (Lipinski definition) is 5. The molecule has 4 aromatic rings. The number of rotatable bonds is 10. The summed E-state index contributed by atoms with van der Waals surface area (Å²) in [4.78, 5) is 24.1. The van der Waals surface area contributed by atoms with Gasteiger partial charge < -0.3 is 19.9 Å². The number of fused-ring (bicyclic) bond motifs is 1. The van der Waals surface area contributed by atoms with Crippen LogP contribution in [0.25, 0.3) is 22.2 Å². The van der Waals surface area contributed by atoms with Crippen LogP contribution in [-0.2, 0) is 22.5 Å². The predicted octanol–water partition coefficient (Wildman–Crippen LogP) is 7.11. The zero-order valence-electron chi connectivity index (χ0n) is 24.2. The molecule has 1 aromatic carbocycles. The molecular formula is C34H47N5O2. The first-order chi connectivity index (χ1) is 19.6. The van der Waals surface area contributed by atoms with E-state index in [0.717, 1.165) is 75.1 Å². The Labute approximate surface area is 245 Å². The number of nitrogens with two attached hydrogens (primary N) is 1. The van der Waals surface area contributed by atoms with Gasteiger partial charge >= 0.3 is 0 Å². The standard InChI is InChI=1S/C31H37N5O2.C2H6.CH4/c1-38-19-5-18-36-28(20-25-7-3-16-33-31(25)36)27-8-4-17-35(22-27)30(37)9-2-6-23-10-12-24(13-11-23)26-14-15-29(32)34-21-26;1-2;/h3,7,10-16,20-21,27H,2,4-6,8-9,17-19,22H2,1H3,(H2,32,34);1-2H3;1H4. The summed E-state index contributed by atoms with van der Waals surface area (Å²) in [5.74, 6) is 1.12. The van der Waals surface area contributed by atoms with E-state index in [2.05, 4.69) is 55.8 Å². The fraction of sp³-hybridized carbons (Fsp3) is 0.441. The van der Waals surface area contributed by atoms with Crippen molar-refractivity contribution in [2.24, 2.45) is 0 Å². The van der Waals surface area contributed by atoms with Crippen LogP contribution < -0.4 is 5.73 Å². The summed E-state index contributed by atoms with van der Waals surface area (Å²) >= 11 is 0. The normalized spacial score (nSPS) is 14.7. The van der Waals surface area contributed by atoms with Gasteiger partial charge in [0.05, 0.1) is 0 Å². The van der Waals surface area contributed by atoms with Gasteiger partial charge in [0.2, 0.25) is 5.91 Å². The quantitative estimate of drug-likeness (QED) is 0.210. The molecule has 1 amide bonds. The Morgan fingerprint density at radius 3 is 2.56 bits per heavy atom. The van der Waals surface area contributed by atoms with E-state index in [9.17, 15) is 4.79 Å². The first-order valence-electron chi connectivity index (χ1n) is 14.6. The van der Waals surface area contributed by atoms with Crippen LogP contribution in [0.3, 0.4) is 0 Å². The highest BCUT2D eigenvalue weighted by Gasteiger charge is 2.27. The molecule has 1 fully saturated rings. The average Bonchev–Trinajstić information content (AvgIpc) is 3.38. The van der Waals surface area contributed by atoms with Crippen LogP contribution in [0.5, 0.6) is 0 Å². The number of carbonyl (C=O) groups excluding carboxylic acids is 1. The third-order valence-corrected chi connectivity index (χ3v) is 7.54. The summed E-state index contributed by atoms with van der Waals surface area (Å²) < 4.78 is 7.64. The lowest BCUT2D eigenvalue weighted by molar-refractivity contribution is -0.132. The molecule has 4 heterocycles. The number of nitrogen functional groups attached to an aromatic ring is 1. The van der Waals surface area contributed by atoms with Crippen molar-refractivity contribution in [1.82, 2.24) is 19.4 Å². The van der Waals surface area contributed by atoms with Crippen LogP contribution in [0.2, 0.25) is 0 Å². The minimum absolute atomic E-state index is 0. The van der Waals surface area contributed by atoms with E-state index in [4.69, 9.17) is 10.5 Å². The topological polar surface area (TPSA) is 86.3 Å². The summed E-state index contributed by atoms with van der Waals surface area (Å²) in [5, 5.41) is 1.17. The van der Waals surface area contributed by atoms with Crippen molar-refractivity contribution in [2.75, 3.05) is 32.5 Å². The van der Waals surface area contributed by atoms with Crippen molar-refractivity contribution in [2.45, 2.75) is 72.3 Å². The number of aryl methyl sites for hydroxylation is 2. The number of likely N-dealkylation sites (tertiary alicyclic amines) is 1. The Kier molecular flexibility index (Phi) is 12.3. The minimum atomic E-state index is 0. The Morgan fingerprint density at radius 1 is 1.05 bits per heavy atom. The highest BCUT2D eigenvalue weighted by atomic mass is 16.5. The first kappa shape index (κ1) is 31.8. The van der Waals surface area contributed by atoms with Gasteiger partial charge in [0.25, 0.3) is 0 Å². The summed E-state index contributed by atoms with van der Waals surface area (Å²) in [7, 11) is 1.74. The van der Waals surface area contributed by atoms with Crippen molar-refractivity contribution in [3.8, 4) is 11.1 Å². The third-order valence-electron chi connectivity index (χ3n) is 7.54. The number of hydrogen-bond donors (Lipinski definition) is 1. The SMILES string of the molecule is C.CC.COCCCn1c(C2CCCN(C(=O)CCCc3ccc(-c4ccc(N)nc4)cc3)C2)cc2cccnc21. The van der Waals surface area contributed by atoms with Crippen LogP contribution in [0.4, 0.5) is 5.82 Å². The van der Waals surface area contributed by atoms with Crippen LogP contribution in [0.15, 0.2) is 67.0 Å². The molecule has 0 radical (unpaired) electrons. The molecule has 1 saturated heterocycles. The van der Waals surface area contributed by atoms with E-state index in [0.29, 0.717) is 18.2 Å². The second-order valence-corrected chi connectivity index (χ2v) is 10.2. The van der Waals surface area contributed by atoms with E-state index in [-0.39, 0.29) is 13.3 Å². The fourth-order valence-electron chi connectivity index (χ4n) is 5.53. The first-order valence-corrected chi connectivity index (χ1v) is 14.6.